The number of carbonyl (C=O) groups is 1. The Hall–Kier alpha value is -2.95. The standard InChI is InChI=1S/C24H24BrN5O/c1-17-12-20(6-7-21(17)25)24(31)30-10-8-29(9-11-30)23(22-15-27-16-28-22)13-18-2-4-19(14-26)5-3-18/h2-7,12,15-16,23H,8-11,13H2,1H3,(H,27,28). The lowest BCUT2D eigenvalue weighted by Crippen LogP contribution is -2.50. The molecule has 0 aliphatic carbocycles. The first-order valence-electron chi connectivity index (χ1n) is 10.3. The molecule has 1 aliphatic rings. The van der Waals surface area contributed by atoms with Gasteiger partial charge in [-0.1, -0.05) is 28.1 Å². The van der Waals surface area contributed by atoms with E-state index in [1.165, 1.54) is 5.56 Å². The van der Waals surface area contributed by atoms with Crippen molar-refractivity contribution in [3.05, 3.63) is 87.4 Å². The number of benzene rings is 2. The second kappa shape index (κ2) is 9.46. The van der Waals surface area contributed by atoms with Gasteiger partial charge in [0, 0.05) is 42.4 Å². The number of carbonyl (C=O) groups excluding carboxylic acids is 1. The van der Waals surface area contributed by atoms with E-state index in [0.29, 0.717) is 18.7 Å². The van der Waals surface area contributed by atoms with Gasteiger partial charge in [-0.3, -0.25) is 9.69 Å². The van der Waals surface area contributed by atoms with Crippen molar-refractivity contribution in [2.24, 2.45) is 0 Å². The van der Waals surface area contributed by atoms with Crippen LogP contribution >= 0.6 is 15.9 Å². The van der Waals surface area contributed by atoms with Gasteiger partial charge in [0.25, 0.3) is 5.91 Å². The molecule has 4 rings (SSSR count). The highest BCUT2D eigenvalue weighted by Crippen LogP contribution is 2.26. The molecule has 1 N–H and O–H groups in total. The molecule has 1 unspecified atom stereocenters. The molecule has 2 aromatic carbocycles. The summed E-state index contributed by atoms with van der Waals surface area (Å²) in [6, 6.07) is 15.8. The molecule has 1 amide bonds. The summed E-state index contributed by atoms with van der Waals surface area (Å²) >= 11 is 3.50. The van der Waals surface area contributed by atoms with Gasteiger partial charge in [-0.05, 0) is 54.8 Å². The number of aromatic amines is 1. The second-order valence-electron chi connectivity index (χ2n) is 7.83. The maximum absolute atomic E-state index is 13.0. The largest absolute Gasteiger partial charge is 0.347 e. The van der Waals surface area contributed by atoms with Gasteiger partial charge < -0.3 is 9.88 Å². The number of hydrogen-bond donors (Lipinski definition) is 1. The van der Waals surface area contributed by atoms with E-state index in [-0.39, 0.29) is 11.9 Å². The number of halogens is 1. The Morgan fingerprint density at radius 3 is 2.55 bits per heavy atom. The highest BCUT2D eigenvalue weighted by Gasteiger charge is 2.28. The number of nitriles is 1. The number of H-pyrrole nitrogens is 1. The molecule has 1 aliphatic heterocycles. The molecule has 6 nitrogen and oxygen atoms in total. The molecule has 0 saturated carbocycles. The number of rotatable bonds is 5. The SMILES string of the molecule is Cc1cc(C(=O)N2CCN(C(Cc3ccc(C#N)cc3)c3cnc[nH]3)CC2)ccc1Br. The van der Waals surface area contributed by atoms with Crippen molar-refractivity contribution in [1.29, 1.82) is 5.26 Å². The van der Waals surface area contributed by atoms with Gasteiger partial charge >= 0.3 is 0 Å². The maximum atomic E-state index is 13.0. The monoisotopic (exact) mass is 477 g/mol. The van der Waals surface area contributed by atoms with Crippen LogP contribution < -0.4 is 0 Å². The first-order chi connectivity index (χ1) is 15.0. The summed E-state index contributed by atoms with van der Waals surface area (Å²) in [7, 11) is 0. The summed E-state index contributed by atoms with van der Waals surface area (Å²) < 4.78 is 1.01. The number of aromatic nitrogens is 2. The van der Waals surface area contributed by atoms with E-state index in [0.717, 1.165) is 40.8 Å². The predicted octanol–water partition coefficient (Wildman–Crippen LogP) is 4.09. The second-order valence-corrected chi connectivity index (χ2v) is 8.68. The number of nitrogens with zero attached hydrogens (tertiary/aromatic N) is 4. The molecule has 1 aromatic heterocycles. The van der Waals surface area contributed by atoms with E-state index < -0.39 is 0 Å². The van der Waals surface area contributed by atoms with Crippen LogP contribution in [0.15, 0.2) is 59.5 Å². The number of hydrogen-bond acceptors (Lipinski definition) is 4. The van der Waals surface area contributed by atoms with Crippen molar-refractivity contribution in [2.45, 2.75) is 19.4 Å². The lowest BCUT2D eigenvalue weighted by atomic mass is 10.00. The average molecular weight is 478 g/mol. The number of amides is 1. The molecule has 2 heterocycles. The minimum absolute atomic E-state index is 0.0837. The number of nitrogens with one attached hydrogen (secondary N) is 1. The quantitative estimate of drug-likeness (QED) is 0.600. The molecular weight excluding hydrogens is 454 g/mol. The summed E-state index contributed by atoms with van der Waals surface area (Å²) in [5.41, 5.74) is 4.69. The Kier molecular flexibility index (Phi) is 6.50. The van der Waals surface area contributed by atoms with Crippen molar-refractivity contribution >= 4 is 21.8 Å². The zero-order valence-electron chi connectivity index (χ0n) is 17.4. The van der Waals surface area contributed by atoms with Crippen LogP contribution in [0.3, 0.4) is 0 Å². The summed E-state index contributed by atoms with van der Waals surface area (Å²) in [6.45, 7) is 4.96. The van der Waals surface area contributed by atoms with Gasteiger partial charge in [0.05, 0.1) is 29.7 Å². The fourth-order valence-corrected chi connectivity index (χ4v) is 4.27. The first kappa shape index (κ1) is 21.3. The Labute approximate surface area is 190 Å². The molecular formula is C24H24BrN5O. The van der Waals surface area contributed by atoms with E-state index in [1.807, 2.05) is 60.5 Å². The van der Waals surface area contributed by atoms with Gasteiger partial charge in [-0.2, -0.15) is 5.26 Å². The molecule has 7 heteroatoms. The van der Waals surface area contributed by atoms with Crippen LogP contribution in [0.25, 0.3) is 0 Å². The molecule has 31 heavy (non-hydrogen) atoms. The number of piperazine rings is 1. The number of imidazole rings is 1. The molecule has 1 fully saturated rings. The minimum Gasteiger partial charge on any atom is -0.347 e. The van der Waals surface area contributed by atoms with Gasteiger partial charge in [-0.25, -0.2) is 4.98 Å². The highest BCUT2D eigenvalue weighted by atomic mass is 79.9. The van der Waals surface area contributed by atoms with Crippen molar-refractivity contribution in [2.75, 3.05) is 26.2 Å². The molecule has 1 saturated heterocycles. The number of aryl methyl sites for hydroxylation is 1. The van der Waals surface area contributed by atoms with Crippen LogP contribution in [-0.4, -0.2) is 51.9 Å². The third kappa shape index (κ3) is 4.87. The minimum atomic E-state index is 0.0837. The van der Waals surface area contributed by atoms with Gasteiger partial charge in [0.1, 0.15) is 0 Å². The fraction of sp³-hybridized carbons (Fsp3) is 0.292. The zero-order chi connectivity index (χ0) is 21.8. The predicted molar refractivity (Wildman–Crippen MR) is 123 cm³/mol. The van der Waals surface area contributed by atoms with Crippen LogP contribution in [0, 0.1) is 18.3 Å². The Morgan fingerprint density at radius 1 is 1.19 bits per heavy atom. The van der Waals surface area contributed by atoms with Gasteiger partial charge in [0.15, 0.2) is 0 Å². The van der Waals surface area contributed by atoms with E-state index in [2.05, 4.69) is 36.9 Å². The molecule has 158 valence electrons. The van der Waals surface area contributed by atoms with Crippen LogP contribution in [0.5, 0.6) is 0 Å². The first-order valence-corrected chi connectivity index (χ1v) is 11.1. The molecule has 0 spiro atoms. The van der Waals surface area contributed by atoms with E-state index >= 15 is 0 Å². The Bertz CT molecular complexity index is 1080. The van der Waals surface area contributed by atoms with Crippen LogP contribution in [0.4, 0.5) is 0 Å². The van der Waals surface area contributed by atoms with Crippen molar-refractivity contribution in [3.8, 4) is 6.07 Å². The Balaban J connectivity index is 1.45. The van der Waals surface area contributed by atoms with Crippen LogP contribution in [0.1, 0.15) is 38.8 Å². The molecule has 0 bridgehead atoms. The smallest absolute Gasteiger partial charge is 0.253 e. The molecule has 3 aromatic rings. The average Bonchev–Trinajstić information content (AvgIpc) is 3.34. The summed E-state index contributed by atoms with van der Waals surface area (Å²) in [5, 5.41) is 9.04. The fourth-order valence-electron chi connectivity index (χ4n) is 4.02. The molecule has 0 radical (unpaired) electrons. The third-order valence-corrected chi connectivity index (χ3v) is 6.73. The normalized spacial score (nSPS) is 15.5. The molecule has 1 atom stereocenters. The maximum Gasteiger partial charge on any atom is 0.253 e. The zero-order valence-corrected chi connectivity index (χ0v) is 19.0. The lowest BCUT2D eigenvalue weighted by molar-refractivity contribution is 0.0562. The summed E-state index contributed by atoms with van der Waals surface area (Å²) in [4.78, 5) is 24.8. The van der Waals surface area contributed by atoms with Gasteiger partial charge in [-0.15, -0.1) is 0 Å². The van der Waals surface area contributed by atoms with Crippen LogP contribution in [0.2, 0.25) is 0 Å². The van der Waals surface area contributed by atoms with Gasteiger partial charge in [0.2, 0.25) is 0 Å². The van der Waals surface area contributed by atoms with E-state index in [1.54, 1.807) is 6.33 Å². The van der Waals surface area contributed by atoms with Crippen molar-refractivity contribution < 1.29 is 4.79 Å². The van der Waals surface area contributed by atoms with E-state index in [9.17, 15) is 4.79 Å². The lowest BCUT2D eigenvalue weighted by Gasteiger charge is -2.39. The van der Waals surface area contributed by atoms with E-state index in [4.69, 9.17) is 5.26 Å². The third-order valence-electron chi connectivity index (χ3n) is 5.84. The van der Waals surface area contributed by atoms with Crippen molar-refractivity contribution in [3.63, 3.8) is 0 Å². The van der Waals surface area contributed by atoms with Crippen LogP contribution in [-0.2, 0) is 6.42 Å². The highest BCUT2D eigenvalue weighted by molar-refractivity contribution is 9.10. The Morgan fingerprint density at radius 2 is 1.94 bits per heavy atom. The summed E-state index contributed by atoms with van der Waals surface area (Å²) in [5.74, 6) is 0.0837. The van der Waals surface area contributed by atoms with Crippen molar-refractivity contribution in [1.82, 2.24) is 19.8 Å². The topological polar surface area (TPSA) is 76.0 Å². The summed E-state index contributed by atoms with van der Waals surface area (Å²) in [6.07, 6.45) is 4.39.